The van der Waals surface area contributed by atoms with Crippen LogP contribution < -0.4 is 15.0 Å². The Hall–Kier alpha value is -2.73. The fraction of sp³-hybridized carbons (Fsp3) is 0.458. The molecule has 6 heteroatoms. The van der Waals surface area contributed by atoms with Crippen LogP contribution in [0.2, 0.25) is 0 Å². The number of piperidine rings is 1. The van der Waals surface area contributed by atoms with E-state index < -0.39 is 0 Å². The summed E-state index contributed by atoms with van der Waals surface area (Å²) in [7, 11) is 0. The number of carbonyl (C=O) groups is 1. The summed E-state index contributed by atoms with van der Waals surface area (Å²) in [5.41, 5.74) is 4.97. The number of hydrogen-bond acceptors (Lipinski definition) is 5. The molecule has 2 saturated heterocycles. The lowest BCUT2D eigenvalue weighted by molar-refractivity contribution is -0.129. The molecule has 1 amide bonds. The van der Waals surface area contributed by atoms with E-state index in [1.807, 2.05) is 37.1 Å². The topological polar surface area (TPSA) is 66.8 Å². The number of nitrogens with zero attached hydrogens (tertiary/aromatic N) is 3. The van der Waals surface area contributed by atoms with Gasteiger partial charge in [0.25, 0.3) is 0 Å². The Morgan fingerprint density at radius 3 is 2.83 bits per heavy atom. The summed E-state index contributed by atoms with van der Waals surface area (Å²) in [6.07, 6.45) is 4.90. The number of aliphatic imine (C=N–C) groups is 1. The van der Waals surface area contributed by atoms with Crippen molar-refractivity contribution in [1.29, 1.82) is 0 Å². The Bertz CT molecular complexity index is 991. The van der Waals surface area contributed by atoms with E-state index in [1.165, 1.54) is 5.56 Å². The fourth-order valence-electron chi connectivity index (χ4n) is 4.87. The average molecular weight is 405 g/mol. The third kappa shape index (κ3) is 3.29. The summed E-state index contributed by atoms with van der Waals surface area (Å²) in [6, 6.07) is 10.2. The van der Waals surface area contributed by atoms with E-state index in [4.69, 9.17) is 9.73 Å². The van der Waals surface area contributed by atoms with Crippen molar-refractivity contribution in [2.24, 2.45) is 10.4 Å². The molecule has 1 spiro atoms. The highest BCUT2D eigenvalue weighted by Gasteiger charge is 2.46. The number of amides is 1. The van der Waals surface area contributed by atoms with Crippen molar-refractivity contribution in [2.75, 3.05) is 24.5 Å². The largest absolute Gasteiger partial charge is 0.475 e. The summed E-state index contributed by atoms with van der Waals surface area (Å²) in [5, 5.41) is 3.39. The summed E-state index contributed by atoms with van der Waals surface area (Å²) in [6.45, 7) is 7.16. The monoisotopic (exact) mass is 404 g/mol. The SMILES string of the molecule is CC(C)Oc1ccc(C2=NCc3ccc(N4CCCC5(CCNC5)C4=O)cc32)cn1. The van der Waals surface area contributed by atoms with Crippen molar-refractivity contribution in [2.45, 2.75) is 45.8 Å². The molecule has 4 heterocycles. The maximum atomic E-state index is 13.4. The first kappa shape index (κ1) is 19.2. The number of benzene rings is 1. The minimum absolute atomic E-state index is 0.0934. The van der Waals surface area contributed by atoms with Gasteiger partial charge in [0.2, 0.25) is 11.8 Å². The van der Waals surface area contributed by atoms with E-state index in [0.29, 0.717) is 12.4 Å². The molecule has 2 fully saturated rings. The highest BCUT2D eigenvalue weighted by Crippen LogP contribution is 2.39. The highest BCUT2D eigenvalue weighted by atomic mass is 16.5. The summed E-state index contributed by atoms with van der Waals surface area (Å²) >= 11 is 0. The molecule has 6 nitrogen and oxygen atoms in total. The van der Waals surface area contributed by atoms with Crippen LogP contribution in [0.25, 0.3) is 0 Å². The first-order valence-electron chi connectivity index (χ1n) is 10.9. The fourth-order valence-corrected chi connectivity index (χ4v) is 4.87. The van der Waals surface area contributed by atoms with Crippen LogP contribution in [-0.2, 0) is 11.3 Å². The zero-order chi connectivity index (χ0) is 20.7. The van der Waals surface area contributed by atoms with Gasteiger partial charge in [0.15, 0.2) is 0 Å². The lowest BCUT2D eigenvalue weighted by atomic mass is 9.78. The first-order chi connectivity index (χ1) is 14.6. The van der Waals surface area contributed by atoms with Crippen LogP contribution in [0.4, 0.5) is 5.69 Å². The van der Waals surface area contributed by atoms with Crippen LogP contribution in [0.15, 0.2) is 41.5 Å². The molecule has 0 radical (unpaired) electrons. The smallest absolute Gasteiger partial charge is 0.234 e. The molecule has 1 aromatic carbocycles. The normalized spacial score (nSPS) is 23.2. The van der Waals surface area contributed by atoms with Crippen LogP contribution in [0.1, 0.15) is 49.8 Å². The molecule has 5 rings (SSSR count). The molecule has 0 bridgehead atoms. The van der Waals surface area contributed by atoms with Crippen LogP contribution in [0, 0.1) is 5.41 Å². The van der Waals surface area contributed by atoms with Crippen molar-refractivity contribution >= 4 is 17.3 Å². The van der Waals surface area contributed by atoms with E-state index in [2.05, 4.69) is 28.5 Å². The number of ether oxygens (including phenoxy) is 1. The van der Waals surface area contributed by atoms with E-state index in [-0.39, 0.29) is 17.4 Å². The van der Waals surface area contributed by atoms with Crippen molar-refractivity contribution in [3.8, 4) is 5.88 Å². The van der Waals surface area contributed by atoms with E-state index in [0.717, 1.165) is 61.4 Å². The lowest BCUT2D eigenvalue weighted by Gasteiger charge is -2.39. The number of carbonyl (C=O) groups excluding carboxylic acids is 1. The maximum Gasteiger partial charge on any atom is 0.234 e. The van der Waals surface area contributed by atoms with Crippen LogP contribution in [-0.4, -0.2) is 42.3 Å². The zero-order valence-corrected chi connectivity index (χ0v) is 17.6. The van der Waals surface area contributed by atoms with E-state index in [9.17, 15) is 4.79 Å². The van der Waals surface area contributed by atoms with Gasteiger partial charge in [-0.05, 0) is 63.4 Å². The van der Waals surface area contributed by atoms with Crippen molar-refractivity contribution in [3.05, 3.63) is 53.2 Å². The third-order valence-corrected chi connectivity index (χ3v) is 6.41. The molecule has 3 aliphatic heterocycles. The van der Waals surface area contributed by atoms with Crippen molar-refractivity contribution in [1.82, 2.24) is 10.3 Å². The minimum atomic E-state index is -0.218. The van der Waals surface area contributed by atoms with Gasteiger partial charge in [-0.3, -0.25) is 9.79 Å². The Kier molecular flexibility index (Phi) is 4.82. The van der Waals surface area contributed by atoms with Gasteiger partial charge in [0.1, 0.15) is 0 Å². The van der Waals surface area contributed by atoms with Gasteiger partial charge in [-0.15, -0.1) is 0 Å². The Labute approximate surface area is 177 Å². The molecule has 1 atom stereocenters. The van der Waals surface area contributed by atoms with Crippen molar-refractivity contribution < 1.29 is 9.53 Å². The van der Waals surface area contributed by atoms with Gasteiger partial charge in [-0.1, -0.05) is 6.07 Å². The van der Waals surface area contributed by atoms with Gasteiger partial charge >= 0.3 is 0 Å². The molecular weight excluding hydrogens is 376 g/mol. The molecule has 3 aliphatic rings. The van der Waals surface area contributed by atoms with Gasteiger partial charge in [-0.25, -0.2) is 4.98 Å². The Morgan fingerprint density at radius 1 is 1.20 bits per heavy atom. The third-order valence-electron chi connectivity index (χ3n) is 6.41. The number of pyridine rings is 1. The predicted octanol–water partition coefficient (Wildman–Crippen LogP) is 3.33. The number of anilines is 1. The quantitative estimate of drug-likeness (QED) is 0.849. The molecule has 156 valence electrons. The molecule has 1 aromatic heterocycles. The van der Waals surface area contributed by atoms with Gasteiger partial charge in [0, 0.05) is 42.2 Å². The molecule has 1 unspecified atom stereocenters. The van der Waals surface area contributed by atoms with Crippen LogP contribution in [0.5, 0.6) is 5.88 Å². The maximum absolute atomic E-state index is 13.4. The predicted molar refractivity (Wildman–Crippen MR) is 117 cm³/mol. The molecular formula is C24H28N4O2. The van der Waals surface area contributed by atoms with Gasteiger partial charge < -0.3 is 15.0 Å². The second-order valence-electron chi connectivity index (χ2n) is 8.83. The number of fused-ring (bicyclic) bond motifs is 1. The summed E-state index contributed by atoms with van der Waals surface area (Å²) in [4.78, 5) is 24.5. The Balaban J connectivity index is 1.43. The Morgan fingerprint density at radius 2 is 2.10 bits per heavy atom. The molecule has 0 aliphatic carbocycles. The lowest BCUT2D eigenvalue weighted by Crippen LogP contribution is -2.50. The molecule has 0 saturated carbocycles. The second-order valence-corrected chi connectivity index (χ2v) is 8.83. The number of aromatic nitrogens is 1. The number of hydrogen-bond donors (Lipinski definition) is 1. The minimum Gasteiger partial charge on any atom is -0.475 e. The number of nitrogens with one attached hydrogen (secondary N) is 1. The first-order valence-corrected chi connectivity index (χ1v) is 10.9. The summed E-state index contributed by atoms with van der Waals surface area (Å²) < 4.78 is 5.66. The van der Waals surface area contributed by atoms with E-state index in [1.54, 1.807) is 0 Å². The zero-order valence-electron chi connectivity index (χ0n) is 17.6. The standard InChI is InChI=1S/C24H28N4O2/c1-16(2)30-21-7-5-18(14-26-21)22-20-12-19(6-4-17(20)13-27-22)28-11-3-8-24(23(28)29)9-10-25-15-24/h4-7,12,14,16,25H,3,8-11,13,15H2,1-2H3. The summed E-state index contributed by atoms with van der Waals surface area (Å²) in [5.74, 6) is 0.891. The van der Waals surface area contributed by atoms with E-state index >= 15 is 0 Å². The highest BCUT2D eigenvalue weighted by molar-refractivity contribution is 6.15. The second kappa shape index (κ2) is 7.51. The van der Waals surface area contributed by atoms with Crippen LogP contribution >= 0.6 is 0 Å². The average Bonchev–Trinajstić information content (AvgIpc) is 3.38. The van der Waals surface area contributed by atoms with Crippen LogP contribution in [0.3, 0.4) is 0 Å². The van der Waals surface area contributed by atoms with Crippen molar-refractivity contribution in [3.63, 3.8) is 0 Å². The number of rotatable bonds is 4. The van der Waals surface area contributed by atoms with Gasteiger partial charge in [0.05, 0.1) is 23.8 Å². The molecule has 2 aromatic rings. The molecule has 30 heavy (non-hydrogen) atoms. The molecule has 1 N–H and O–H groups in total. The van der Waals surface area contributed by atoms with Gasteiger partial charge in [-0.2, -0.15) is 0 Å².